The lowest BCUT2D eigenvalue weighted by atomic mass is 10.2. The summed E-state index contributed by atoms with van der Waals surface area (Å²) < 4.78 is 6.84. The van der Waals surface area contributed by atoms with Crippen molar-refractivity contribution in [3.63, 3.8) is 0 Å². The van der Waals surface area contributed by atoms with E-state index in [9.17, 15) is 14.4 Å². The summed E-state index contributed by atoms with van der Waals surface area (Å²) in [6, 6.07) is 6.20. The van der Waals surface area contributed by atoms with E-state index in [4.69, 9.17) is 4.74 Å². The van der Waals surface area contributed by atoms with Crippen LogP contribution in [-0.4, -0.2) is 34.2 Å². The maximum atomic E-state index is 12.6. The van der Waals surface area contributed by atoms with Gasteiger partial charge in [0.1, 0.15) is 5.75 Å². The highest BCUT2D eigenvalue weighted by Gasteiger charge is 2.27. The van der Waals surface area contributed by atoms with Gasteiger partial charge in [-0.2, -0.15) is 0 Å². The van der Waals surface area contributed by atoms with Crippen molar-refractivity contribution in [2.24, 2.45) is 0 Å². The molecule has 0 saturated heterocycles. The van der Waals surface area contributed by atoms with Gasteiger partial charge < -0.3 is 15.4 Å². The number of carbonyl (C=O) groups excluding carboxylic acids is 2. The fraction of sp³-hybridized carbons (Fsp3) is 0.333. The third-order valence-corrected chi connectivity index (χ3v) is 5.13. The topological polar surface area (TPSA) is 102 Å². The molecule has 0 aliphatic carbocycles. The lowest BCUT2D eigenvalue weighted by Gasteiger charge is -2.15. The first-order chi connectivity index (χ1) is 12.9. The number of anilines is 2. The van der Waals surface area contributed by atoms with Crippen molar-refractivity contribution in [2.45, 2.75) is 31.5 Å². The molecule has 142 valence electrons. The number of benzene rings is 1. The first kappa shape index (κ1) is 19.0. The molecule has 1 aromatic carbocycles. The number of ether oxygens (including phenoxy) is 1. The van der Waals surface area contributed by atoms with Crippen LogP contribution < -0.4 is 20.9 Å². The number of aryl methyl sites for hydroxylation is 1. The molecule has 3 rings (SSSR count). The fourth-order valence-corrected chi connectivity index (χ4v) is 4.11. The number of hydrogen-bond acceptors (Lipinski definition) is 6. The van der Waals surface area contributed by atoms with Crippen molar-refractivity contribution in [2.75, 3.05) is 23.5 Å². The third-order valence-electron chi connectivity index (χ3n) is 4.03. The second-order valence-corrected chi connectivity index (χ2v) is 7.19. The average molecular weight is 388 g/mol. The Morgan fingerprint density at radius 2 is 2.11 bits per heavy atom. The van der Waals surface area contributed by atoms with E-state index in [1.807, 2.05) is 0 Å². The summed E-state index contributed by atoms with van der Waals surface area (Å²) in [5, 5.41) is 6.11. The van der Waals surface area contributed by atoms with Crippen LogP contribution >= 0.6 is 11.8 Å². The zero-order valence-electron chi connectivity index (χ0n) is 15.2. The monoisotopic (exact) mass is 388 g/mol. The summed E-state index contributed by atoms with van der Waals surface area (Å²) in [6.07, 6.45) is 0.137. The van der Waals surface area contributed by atoms with E-state index in [1.54, 1.807) is 29.7 Å². The van der Waals surface area contributed by atoms with E-state index in [0.29, 0.717) is 33.7 Å². The van der Waals surface area contributed by atoms with E-state index in [2.05, 4.69) is 15.6 Å². The van der Waals surface area contributed by atoms with Crippen LogP contribution in [0.2, 0.25) is 0 Å². The fourth-order valence-electron chi connectivity index (χ4n) is 2.91. The van der Waals surface area contributed by atoms with Gasteiger partial charge in [0.15, 0.2) is 5.16 Å². The van der Waals surface area contributed by atoms with Crippen LogP contribution in [0.3, 0.4) is 0 Å². The number of fused-ring (bicyclic) bond motifs is 1. The Bertz CT molecular complexity index is 957. The van der Waals surface area contributed by atoms with Crippen LogP contribution in [-0.2, 0) is 9.59 Å². The van der Waals surface area contributed by atoms with Crippen molar-refractivity contribution in [3.05, 3.63) is 40.3 Å². The van der Waals surface area contributed by atoms with E-state index < -0.39 is 0 Å². The lowest BCUT2D eigenvalue weighted by molar-refractivity contribution is -0.117. The Morgan fingerprint density at radius 1 is 1.33 bits per heavy atom. The molecule has 27 heavy (non-hydrogen) atoms. The summed E-state index contributed by atoms with van der Waals surface area (Å²) in [6.45, 7) is 3.18. The smallest absolute Gasteiger partial charge is 0.254 e. The van der Waals surface area contributed by atoms with Gasteiger partial charge in [0.05, 0.1) is 18.8 Å². The second-order valence-electron chi connectivity index (χ2n) is 6.20. The van der Waals surface area contributed by atoms with Gasteiger partial charge >= 0.3 is 0 Å². The summed E-state index contributed by atoms with van der Waals surface area (Å²) >= 11 is 1.47. The van der Waals surface area contributed by atoms with Gasteiger partial charge in [-0.15, -0.1) is 0 Å². The summed E-state index contributed by atoms with van der Waals surface area (Å²) in [5.41, 5.74) is 1.53. The van der Waals surface area contributed by atoms with Crippen molar-refractivity contribution in [1.29, 1.82) is 0 Å². The third kappa shape index (κ3) is 4.30. The van der Waals surface area contributed by atoms with E-state index in [0.717, 1.165) is 0 Å². The van der Waals surface area contributed by atoms with Gasteiger partial charge in [-0.3, -0.25) is 19.0 Å². The molecule has 1 atom stereocenters. The Labute approximate surface area is 160 Å². The van der Waals surface area contributed by atoms with Crippen LogP contribution in [0.5, 0.6) is 5.75 Å². The molecule has 0 radical (unpaired) electrons. The molecule has 1 aliphatic rings. The molecule has 1 aliphatic heterocycles. The molecule has 8 nitrogen and oxygen atoms in total. The molecular formula is C18H20N4O4S. The number of carbonyl (C=O) groups is 2. The van der Waals surface area contributed by atoms with Crippen molar-refractivity contribution in [1.82, 2.24) is 9.55 Å². The van der Waals surface area contributed by atoms with Gasteiger partial charge in [-0.05, 0) is 25.1 Å². The van der Waals surface area contributed by atoms with Gasteiger partial charge in [0.2, 0.25) is 11.8 Å². The normalized spacial score (nSPS) is 15.1. The van der Waals surface area contributed by atoms with Gasteiger partial charge in [0.25, 0.3) is 5.56 Å². The van der Waals surface area contributed by atoms with Crippen LogP contribution in [0.25, 0.3) is 0 Å². The summed E-state index contributed by atoms with van der Waals surface area (Å²) in [5.74, 6) is 0.633. The average Bonchev–Trinajstić information content (AvgIpc) is 2.97. The molecule has 2 amide bonds. The molecule has 0 spiro atoms. The standard InChI is InChI=1S/C18H20N4O4S/c1-10-6-17(25)22-13(9-27-18(22)19-10)8-16(24)21-14-7-12(20-11(2)23)4-5-15(14)26-3/h4-7,13H,8-9H2,1-3H3,(H,20,23)(H,21,24). The van der Waals surface area contributed by atoms with Gasteiger partial charge in [0, 0.05) is 36.5 Å². The molecule has 0 saturated carbocycles. The zero-order chi connectivity index (χ0) is 19.6. The maximum Gasteiger partial charge on any atom is 0.254 e. The van der Waals surface area contributed by atoms with E-state index >= 15 is 0 Å². The van der Waals surface area contributed by atoms with E-state index in [-0.39, 0.29) is 29.8 Å². The van der Waals surface area contributed by atoms with Crippen molar-refractivity contribution >= 4 is 35.0 Å². The minimum absolute atomic E-state index is 0.137. The molecule has 0 bridgehead atoms. The minimum Gasteiger partial charge on any atom is -0.495 e. The first-order valence-electron chi connectivity index (χ1n) is 8.36. The highest BCUT2D eigenvalue weighted by Crippen LogP contribution is 2.33. The first-order valence-corrected chi connectivity index (χ1v) is 9.34. The number of aromatic nitrogens is 2. The highest BCUT2D eigenvalue weighted by molar-refractivity contribution is 7.99. The minimum atomic E-state index is -0.255. The number of thioether (sulfide) groups is 1. The largest absolute Gasteiger partial charge is 0.495 e. The molecule has 2 heterocycles. The predicted molar refractivity (Wildman–Crippen MR) is 104 cm³/mol. The summed E-state index contributed by atoms with van der Waals surface area (Å²) in [4.78, 5) is 40.4. The van der Waals surface area contributed by atoms with Crippen molar-refractivity contribution in [3.8, 4) is 5.75 Å². The quantitative estimate of drug-likeness (QED) is 0.762. The Morgan fingerprint density at radius 3 is 2.81 bits per heavy atom. The zero-order valence-corrected chi connectivity index (χ0v) is 16.1. The highest BCUT2D eigenvalue weighted by atomic mass is 32.2. The second kappa shape index (κ2) is 7.83. The molecule has 1 unspecified atom stereocenters. The Kier molecular flexibility index (Phi) is 5.50. The molecule has 9 heteroatoms. The number of nitrogens with zero attached hydrogens (tertiary/aromatic N) is 2. The molecule has 2 N–H and O–H groups in total. The molecule has 1 aromatic heterocycles. The SMILES string of the molecule is COc1ccc(NC(C)=O)cc1NC(=O)CC1CSc2nc(C)cc(=O)n21. The molecule has 0 fully saturated rings. The molecular weight excluding hydrogens is 368 g/mol. The number of amides is 2. The predicted octanol–water partition coefficient (Wildman–Crippen LogP) is 2.19. The van der Waals surface area contributed by atoms with Crippen LogP contribution in [0.15, 0.2) is 34.2 Å². The van der Waals surface area contributed by atoms with Crippen LogP contribution in [0.1, 0.15) is 25.1 Å². The van der Waals surface area contributed by atoms with Gasteiger partial charge in [-0.25, -0.2) is 4.98 Å². The Balaban J connectivity index is 1.76. The number of hydrogen-bond donors (Lipinski definition) is 2. The molecule has 2 aromatic rings. The van der Waals surface area contributed by atoms with E-state index in [1.165, 1.54) is 31.9 Å². The number of rotatable bonds is 5. The van der Waals surface area contributed by atoms with Crippen LogP contribution in [0.4, 0.5) is 11.4 Å². The maximum absolute atomic E-state index is 12.6. The van der Waals surface area contributed by atoms with Crippen LogP contribution in [0, 0.1) is 6.92 Å². The number of nitrogens with one attached hydrogen (secondary N) is 2. The Hall–Kier alpha value is -2.81. The lowest BCUT2D eigenvalue weighted by Crippen LogP contribution is -2.27. The summed E-state index contributed by atoms with van der Waals surface area (Å²) in [7, 11) is 1.50. The van der Waals surface area contributed by atoms with Gasteiger partial charge in [-0.1, -0.05) is 11.8 Å². The van der Waals surface area contributed by atoms with Crippen molar-refractivity contribution < 1.29 is 14.3 Å². The number of methoxy groups -OCH3 is 1.